The Kier molecular flexibility index (Phi) is 8.09. The summed E-state index contributed by atoms with van der Waals surface area (Å²) in [4.78, 5) is 9.04. The molecule has 0 aliphatic carbocycles. The molecule has 1 heterocycles. The van der Waals surface area contributed by atoms with Crippen molar-refractivity contribution >= 4 is 29.9 Å². The Balaban J connectivity index is 0.00000225. The zero-order valence-electron chi connectivity index (χ0n) is 10.9. The maximum atomic E-state index is 4.41. The number of nitrogens with one attached hydrogen (secondary N) is 1. The lowest BCUT2D eigenvalue weighted by Gasteiger charge is -2.27. The predicted octanol–water partition coefficient (Wildman–Crippen LogP) is 1.23. The molecule has 1 aliphatic heterocycles. The van der Waals surface area contributed by atoms with Gasteiger partial charge >= 0.3 is 0 Å². The normalized spacial score (nSPS) is 17.1. The van der Waals surface area contributed by atoms with Gasteiger partial charge in [-0.3, -0.25) is 9.89 Å². The van der Waals surface area contributed by atoms with Gasteiger partial charge in [0.25, 0.3) is 0 Å². The number of likely N-dealkylation sites (N-methyl/N-ethyl adjacent to an activating group) is 2. The molecule has 0 saturated heterocycles. The molecule has 1 unspecified atom stereocenters. The Morgan fingerprint density at radius 1 is 1.44 bits per heavy atom. The maximum Gasteiger partial charge on any atom is 0.193 e. The number of guanidine groups is 1. The quantitative estimate of drug-likeness (QED) is 0.764. The summed E-state index contributed by atoms with van der Waals surface area (Å²) in [5.74, 6) is 1.05. The third-order valence-electron chi connectivity index (χ3n) is 3.05. The molecule has 16 heavy (non-hydrogen) atoms. The van der Waals surface area contributed by atoms with Gasteiger partial charge in [-0.25, -0.2) is 0 Å². The minimum Gasteiger partial charge on any atom is -0.355 e. The third-order valence-corrected chi connectivity index (χ3v) is 3.05. The van der Waals surface area contributed by atoms with E-state index in [4.69, 9.17) is 0 Å². The second-order valence-corrected chi connectivity index (χ2v) is 4.08. The summed E-state index contributed by atoms with van der Waals surface area (Å²) in [6.07, 6.45) is 0. The Labute approximate surface area is 116 Å². The van der Waals surface area contributed by atoms with Crippen molar-refractivity contribution in [2.45, 2.75) is 26.8 Å². The lowest BCUT2D eigenvalue weighted by atomic mass is 10.3. The first-order valence-electron chi connectivity index (χ1n) is 5.92. The van der Waals surface area contributed by atoms with Crippen LogP contribution in [0.4, 0.5) is 0 Å². The molecule has 0 fully saturated rings. The monoisotopic (exact) mass is 340 g/mol. The molecule has 0 radical (unpaired) electrons. The molecule has 0 aromatic rings. The molecule has 5 heteroatoms. The minimum absolute atomic E-state index is 0. The smallest absolute Gasteiger partial charge is 0.193 e. The van der Waals surface area contributed by atoms with Crippen LogP contribution >= 0.6 is 24.0 Å². The fourth-order valence-corrected chi connectivity index (χ4v) is 1.94. The van der Waals surface area contributed by atoms with Gasteiger partial charge in [-0.1, -0.05) is 13.8 Å². The average Bonchev–Trinajstić information content (AvgIpc) is 2.63. The highest BCUT2D eigenvalue weighted by molar-refractivity contribution is 14.0. The van der Waals surface area contributed by atoms with Gasteiger partial charge in [0.05, 0.1) is 6.54 Å². The molecule has 0 saturated carbocycles. The van der Waals surface area contributed by atoms with Gasteiger partial charge in [0.15, 0.2) is 5.96 Å². The van der Waals surface area contributed by atoms with E-state index in [9.17, 15) is 0 Å². The van der Waals surface area contributed by atoms with E-state index in [2.05, 4.69) is 47.9 Å². The Bertz CT molecular complexity index is 216. The molecule has 4 nitrogen and oxygen atoms in total. The first-order chi connectivity index (χ1) is 7.19. The molecule has 1 aliphatic rings. The SMILES string of the molecule is CCN(CC)C(C)CNC1=NCCN1C.I. The van der Waals surface area contributed by atoms with Gasteiger partial charge in [0, 0.05) is 26.2 Å². The molecular weight excluding hydrogens is 315 g/mol. The van der Waals surface area contributed by atoms with Crippen LogP contribution in [-0.2, 0) is 0 Å². The van der Waals surface area contributed by atoms with Crippen molar-refractivity contribution in [3.63, 3.8) is 0 Å². The van der Waals surface area contributed by atoms with E-state index in [0.717, 1.165) is 38.7 Å². The second-order valence-electron chi connectivity index (χ2n) is 4.08. The molecule has 96 valence electrons. The van der Waals surface area contributed by atoms with Crippen molar-refractivity contribution in [2.24, 2.45) is 4.99 Å². The lowest BCUT2D eigenvalue weighted by molar-refractivity contribution is 0.231. The van der Waals surface area contributed by atoms with Crippen LogP contribution in [-0.4, -0.2) is 61.6 Å². The molecule has 0 bridgehead atoms. The summed E-state index contributed by atoms with van der Waals surface area (Å²) in [6, 6.07) is 0.566. The first kappa shape index (κ1) is 16.0. The minimum atomic E-state index is 0. The highest BCUT2D eigenvalue weighted by atomic mass is 127. The van der Waals surface area contributed by atoms with Crippen molar-refractivity contribution < 1.29 is 0 Å². The van der Waals surface area contributed by atoms with Crippen LogP contribution in [0.3, 0.4) is 0 Å². The standard InChI is InChI=1S/C11H24N4.HI/c1-5-15(6-2)10(3)9-13-11-12-7-8-14(11)4;/h10H,5-9H2,1-4H3,(H,12,13);1H. The molecular formula is C11H25IN4. The van der Waals surface area contributed by atoms with E-state index in [0.29, 0.717) is 6.04 Å². The first-order valence-corrected chi connectivity index (χ1v) is 5.92. The van der Waals surface area contributed by atoms with Gasteiger partial charge in [-0.05, 0) is 20.0 Å². The van der Waals surface area contributed by atoms with Crippen molar-refractivity contribution in [1.82, 2.24) is 15.1 Å². The van der Waals surface area contributed by atoms with E-state index in [-0.39, 0.29) is 24.0 Å². The van der Waals surface area contributed by atoms with Crippen LogP contribution in [0.5, 0.6) is 0 Å². The molecule has 1 rings (SSSR count). The van der Waals surface area contributed by atoms with Gasteiger partial charge in [-0.2, -0.15) is 0 Å². The largest absolute Gasteiger partial charge is 0.355 e. The van der Waals surface area contributed by atoms with Crippen molar-refractivity contribution in [2.75, 3.05) is 39.8 Å². The van der Waals surface area contributed by atoms with Crippen LogP contribution in [0.1, 0.15) is 20.8 Å². The Morgan fingerprint density at radius 2 is 2.06 bits per heavy atom. The van der Waals surface area contributed by atoms with Gasteiger partial charge < -0.3 is 10.2 Å². The van der Waals surface area contributed by atoms with Crippen molar-refractivity contribution in [3.8, 4) is 0 Å². The van der Waals surface area contributed by atoms with E-state index >= 15 is 0 Å². The molecule has 1 atom stereocenters. The number of nitrogens with zero attached hydrogens (tertiary/aromatic N) is 3. The second kappa shape index (κ2) is 8.11. The molecule has 0 aromatic heterocycles. The highest BCUT2D eigenvalue weighted by Gasteiger charge is 2.14. The number of aliphatic imine (C=N–C) groups is 1. The average molecular weight is 340 g/mol. The van der Waals surface area contributed by atoms with Gasteiger partial charge in [0.1, 0.15) is 0 Å². The molecule has 1 N–H and O–H groups in total. The number of hydrogen-bond acceptors (Lipinski definition) is 4. The van der Waals surface area contributed by atoms with Gasteiger partial charge in [-0.15, -0.1) is 24.0 Å². The number of hydrogen-bond donors (Lipinski definition) is 1. The third kappa shape index (κ3) is 4.45. The number of halogens is 1. The summed E-state index contributed by atoms with van der Waals surface area (Å²) < 4.78 is 0. The Morgan fingerprint density at radius 3 is 2.50 bits per heavy atom. The molecule has 0 amide bonds. The Hall–Kier alpha value is -0.0400. The zero-order chi connectivity index (χ0) is 11.3. The summed E-state index contributed by atoms with van der Waals surface area (Å²) in [5.41, 5.74) is 0. The van der Waals surface area contributed by atoms with Crippen LogP contribution < -0.4 is 5.32 Å². The van der Waals surface area contributed by atoms with E-state index in [1.54, 1.807) is 0 Å². The summed E-state index contributed by atoms with van der Waals surface area (Å²) in [7, 11) is 2.08. The topological polar surface area (TPSA) is 30.9 Å². The van der Waals surface area contributed by atoms with E-state index in [1.807, 2.05) is 0 Å². The maximum absolute atomic E-state index is 4.41. The number of rotatable bonds is 5. The summed E-state index contributed by atoms with van der Waals surface area (Å²) in [5, 5.41) is 3.41. The fourth-order valence-electron chi connectivity index (χ4n) is 1.94. The van der Waals surface area contributed by atoms with Crippen molar-refractivity contribution in [3.05, 3.63) is 0 Å². The van der Waals surface area contributed by atoms with Gasteiger partial charge in [0.2, 0.25) is 0 Å². The lowest BCUT2D eigenvalue weighted by Crippen LogP contribution is -2.45. The van der Waals surface area contributed by atoms with Crippen LogP contribution in [0.2, 0.25) is 0 Å². The molecule has 0 spiro atoms. The highest BCUT2D eigenvalue weighted by Crippen LogP contribution is 1.99. The summed E-state index contributed by atoms with van der Waals surface area (Å²) >= 11 is 0. The van der Waals surface area contributed by atoms with Crippen molar-refractivity contribution in [1.29, 1.82) is 0 Å². The fraction of sp³-hybridized carbons (Fsp3) is 0.909. The molecule has 0 aromatic carbocycles. The zero-order valence-corrected chi connectivity index (χ0v) is 13.2. The van der Waals surface area contributed by atoms with Crippen LogP contribution in [0.25, 0.3) is 0 Å². The predicted molar refractivity (Wildman–Crippen MR) is 80.7 cm³/mol. The van der Waals surface area contributed by atoms with Crippen LogP contribution in [0.15, 0.2) is 4.99 Å². The van der Waals surface area contributed by atoms with E-state index < -0.39 is 0 Å². The summed E-state index contributed by atoms with van der Waals surface area (Å²) in [6.45, 7) is 11.8. The van der Waals surface area contributed by atoms with E-state index in [1.165, 1.54) is 0 Å². The van der Waals surface area contributed by atoms with Crippen LogP contribution in [0, 0.1) is 0 Å².